The highest BCUT2D eigenvalue weighted by atomic mass is 79.9. The third-order valence-electron chi connectivity index (χ3n) is 2.63. The SMILES string of the molecule is NC1CCC(Oc2ncncc2Br)CC1. The summed E-state index contributed by atoms with van der Waals surface area (Å²) in [5.74, 6) is 0.630. The fraction of sp³-hybridized carbons (Fsp3) is 0.600. The maximum atomic E-state index is 5.83. The van der Waals surface area contributed by atoms with Gasteiger partial charge in [0.25, 0.3) is 0 Å². The van der Waals surface area contributed by atoms with Crippen molar-refractivity contribution in [2.75, 3.05) is 0 Å². The summed E-state index contributed by atoms with van der Waals surface area (Å²) >= 11 is 3.36. The molecule has 15 heavy (non-hydrogen) atoms. The number of rotatable bonds is 2. The summed E-state index contributed by atoms with van der Waals surface area (Å²) in [6.07, 6.45) is 7.53. The van der Waals surface area contributed by atoms with Crippen LogP contribution in [0.4, 0.5) is 0 Å². The molecule has 1 aromatic heterocycles. The van der Waals surface area contributed by atoms with E-state index in [2.05, 4.69) is 25.9 Å². The van der Waals surface area contributed by atoms with Crippen LogP contribution < -0.4 is 10.5 Å². The van der Waals surface area contributed by atoms with Gasteiger partial charge < -0.3 is 10.5 Å². The Morgan fingerprint density at radius 2 is 2.07 bits per heavy atom. The third kappa shape index (κ3) is 2.89. The zero-order chi connectivity index (χ0) is 10.7. The van der Waals surface area contributed by atoms with Crippen LogP contribution in [0.25, 0.3) is 0 Å². The maximum Gasteiger partial charge on any atom is 0.231 e. The van der Waals surface area contributed by atoms with Crippen molar-refractivity contribution in [1.82, 2.24) is 9.97 Å². The quantitative estimate of drug-likeness (QED) is 0.893. The first-order valence-corrected chi connectivity index (χ1v) is 5.93. The molecule has 4 nitrogen and oxygen atoms in total. The van der Waals surface area contributed by atoms with Crippen molar-refractivity contribution in [3.8, 4) is 5.88 Å². The fourth-order valence-corrected chi connectivity index (χ4v) is 2.07. The molecule has 0 radical (unpaired) electrons. The highest BCUT2D eigenvalue weighted by Crippen LogP contribution is 2.26. The Labute approximate surface area is 97.4 Å². The second-order valence-electron chi connectivity index (χ2n) is 3.83. The number of aromatic nitrogens is 2. The normalized spacial score (nSPS) is 26.3. The van der Waals surface area contributed by atoms with Crippen LogP contribution in [-0.4, -0.2) is 22.1 Å². The minimum absolute atomic E-state index is 0.246. The van der Waals surface area contributed by atoms with Gasteiger partial charge in [-0.05, 0) is 41.6 Å². The zero-order valence-corrected chi connectivity index (χ0v) is 9.98. The van der Waals surface area contributed by atoms with Gasteiger partial charge in [-0.1, -0.05) is 0 Å². The summed E-state index contributed by atoms with van der Waals surface area (Å²) in [5.41, 5.74) is 5.83. The Balaban J connectivity index is 1.95. The van der Waals surface area contributed by atoms with Gasteiger partial charge in [-0.15, -0.1) is 0 Å². The number of hydrogen-bond acceptors (Lipinski definition) is 4. The van der Waals surface area contributed by atoms with Gasteiger partial charge in [0.2, 0.25) is 5.88 Å². The molecule has 0 saturated heterocycles. The lowest BCUT2D eigenvalue weighted by atomic mass is 9.94. The lowest BCUT2D eigenvalue weighted by Crippen LogP contribution is -2.31. The van der Waals surface area contributed by atoms with Crippen LogP contribution in [0, 0.1) is 0 Å². The zero-order valence-electron chi connectivity index (χ0n) is 8.40. The van der Waals surface area contributed by atoms with E-state index in [1.165, 1.54) is 6.33 Å². The topological polar surface area (TPSA) is 61.0 Å². The molecule has 0 atom stereocenters. The third-order valence-corrected chi connectivity index (χ3v) is 3.17. The van der Waals surface area contributed by atoms with Crippen LogP contribution >= 0.6 is 15.9 Å². The first kappa shape index (κ1) is 10.8. The first-order valence-electron chi connectivity index (χ1n) is 5.13. The molecular weight excluding hydrogens is 258 g/mol. The highest BCUT2D eigenvalue weighted by Gasteiger charge is 2.20. The average Bonchev–Trinajstić information content (AvgIpc) is 2.25. The largest absolute Gasteiger partial charge is 0.473 e. The molecule has 0 bridgehead atoms. The van der Waals surface area contributed by atoms with Gasteiger partial charge in [0.1, 0.15) is 12.4 Å². The smallest absolute Gasteiger partial charge is 0.231 e. The predicted molar refractivity (Wildman–Crippen MR) is 60.6 cm³/mol. The summed E-state index contributed by atoms with van der Waals surface area (Å²) < 4.78 is 6.59. The van der Waals surface area contributed by atoms with Crippen molar-refractivity contribution in [3.63, 3.8) is 0 Å². The minimum Gasteiger partial charge on any atom is -0.473 e. The van der Waals surface area contributed by atoms with Gasteiger partial charge in [0, 0.05) is 12.2 Å². The van der Waals surface area contributed by atoms with Crippen molar-refractivity contribution >= 4 is 15.9 Å². The molecule has 1 aliphatic carbocycles. The van der Waals surface area contributed by atoms with E-state index in [1.807, 2.05) is 0 Å². The summed E-state index contributed by atoms with van der Waals surface area (Å²) in [6, 6.07) is 0.346. The van der Waals surface area contributed by atoms with E-state index in [4.69, 9.17) is 10.5 Å². The molecule has 0 spiro atoms. The number of nitrogens with two attached hydrogens (primary N) is 1. The van der Waals surface area contributed by atoms with Crippen molar-refractivity contribution in [3.05, 3.63) is 17.0 Å². The van der Waals surface area contributed by atoms with Gasteiger partial charge >= 0.3 is 0 Å². The van der Waals surface area contributed by atoms with Gasteiger partial charge in [-0.25, -0.2) is 9.97 Å². The second kappa shape index (κ2) is 4.90. The van der Waals surface area contributed by atoms with Crippen LogP contribution in [0.3, 0.4) is 0 Å². The molecule has 82 valence electrons. The number of hydrogen-bond donors (Lipinski definition) is 1. The van der Waals surface area contributed by atoms with E-state index in [0.717, 1.165) is 30.2 Å². The molecule has 0 amide bonds. The Hall–Kier alpha value is -0.680. The van der Waals surface area contributed by atoms with E-state index in [-0.39, 0.29) is 6.10 Å². The van der Waals surface area contributed by atoms with Crippen LogP contribution in [0.15, 0.2) is 17.0 Å². The fourth-order valence-electron chi connectivity index (χ4n) is 1.75. The average molecular weight is 272 g/mol. The van der Waals surface area contributed by atoms with Crippen LogP contribution in [0.2, 0.25) is 0 Å². The molecule has 0 unspecified atom stereocenters. The number of nitrogens with zero attached hydrogens (tertiary/aromatic N) is 2. The Kier molecular flexibility index (Phi) is 3.53. The summed E-state index contributed by atoms with van der Waals surface area (Å²) in [5, 5.41) is 0. The molecule has 0 aromatic carbocycles. The van der Waals surface area contributed by atoms with Crippen molar-refractivity contribution < 1.29 is 4.74 Å². The number of ether oxygens (including phenoxy) is 1. The Bertz CT molecular complexity index is 326. The molecule has 1 fully saturated rings. The standard InChI is InChI=1S/C10H14BrN3O/c11-9-5-13-6-14-10(9)15-8-3-1-7(12)2-4-8/h5-8H,1-4,12H2. The minimum atomic E-state index is 0.246. The molecule has 2 N–H and O–H groups in total. The van der Waals surface area contributed by atoms with Crippen molar-refractivity contribution in [1.29, 1.82) is 0 Å². The van der Waals surface area contributed by atoms with Crippen molar-refractivity contribution in [2.45, 2.75) is 37.8 Å². The molecule has 1 aromatic rings. The number of halogens is 1. The molecule has 1 saturated carbocycles. The van der Waals surface area contributed by atoms with Crippen LogP contribution in [0.1, 0.15) is 25.7 Å². The lowest BCUT2D eigenvalue weighted by Gasteiger charge is -2.26. The van der Waals surface area contributed by atoms with E-state index in [0.29, 0.717) is 11.9 Å². The van der Waals surface area contributed by atoms with E-state index >= 15 is 0 Å². The molecule has 2 rings (SSSR count). The monoisotopic (exact) mass is 271 g/mol. The van der Waals surface area contributed by atoms with E-state index < -0.39 is 0 Å². The maximum absolute atomic E-state index is 5.83. The second-order valence-corrected chi connectivity index (χ2v) is 4.68. The van der Waals surface area contributed by atoms with Crippen LogP contribution in [0.5, 0.6) is 5.88 Å². The van der Waals surface area contributed by atoms with Gasteiger partial charge in [0.05, 0.1) is 4.47 Å². The molecular formula is C10H14BrN3O. The molecule has 0 aliphatic heterocycles. The summed E-state index contributed by atoms with van der Waals surface area (Å²) in [7, 11) is 0. The van der Waals surface area contributed by atoms with Crippen molar-refractivity contribution in [2.24, 2.45) is 5.73 Å². The Morgan fingerprint density at radius 1 is 1.33 bits per heavy atom. The van der Waals surface area contributed by atoms with E-state index in [9.17, 15) is 0 Å². The van der Waals surface area contributed by atoms with E-state index in [1.54, 1.807) is 6.20 Å². The van der Waals surface area contributed by atoms with Crippen LogP contribution in [-0.2, 0) is 0 Å². The summed E-state index contributed by atoms with van der Waals surface area (Å²) in [6.45, 7) is 0. The molecule has 1 heterocycles. The summed E-state index contributed by atoms with van der Waals surface area (Å²) in [4.78, 5) is 7.97. The first-order chi connectivity index (χ1) is 7.25. The molecule has 5 heteroatoms. The predicted octanol–water partition coefficient (Wildman–Crippen LogP) is 1.89. The highest BCUT2D eigenvalue weighted by molar-refractivity contribution is 9.10. The Morgan fingerprint density at radius 3 is 2.73 bits per heavy atom. The van der Waals surface area contributed by atoms with Gasteiger partial charge in [-0.2, -0.15) is 0 Å². The molecule has 1 aliphatic rings. The van der Waals surface area contributed by atoms with Gasteiger partial charge in [-0.3, -0.25) is 0 Å². The van der Waals surface area contributed by atoms with Gasteiger partial charge in [0.15, 0.2) is 0 Å². The lowest BCUT2D eigenvalue weighted by molar-refractivity contribution is 0.140.